The number of esters is 1. The first kappa shape index (κ1) is 11.8. The van der Waals surface area contributed by atoms with E-state index in [0.29, 0.717) is 12.2 Å². The number of hydrogen-bond acceptors (Lipinski definition) is 2. The van der Waals surface area contributed by atoms with Crippen LogP contribution in [0.15, 0.2) is 30.3 Å². The van der Waals surface area contributed by atoms with Crippen molar-refractivity contribution in [2.24, 2.45) is 0 Å². The van der Waals surface area contributed by atoms with E-state index < -0.39 is 5.97 Å². The Kier molecular flexibility index (Phi) is 5.57. The van der Waals surface area contributed by atoms with E-state index in [1.54, 1.807) is 24.3 Å². The molecule has 78 valence electrons. The van der Waals surface area contributed by atoms with Crippen LogP contribution in [0, 0.1) is 11.8 Å². The lowest BCUT2D eigenvalue weighted by atomic mass is 10.3. The minimum atomic E-state index is -0.504. The number of alkyl halides is 1. The van der Waals surface area contributed by atoms with Gasteiger partial charge in [0, 0.05) is 17.7 Å². The topological polar surface area (TPSA) is 26.3 Å². The Balaban J connectivity index is 2.38. The third-order valence-corrected chi connectivity index (χ3v) is 2.14. The Morgan fingerprint density at radius 1 is 1.33 bits per heavy atom. The molecular formula is C12H11BrO2. The molecule has 0 aromatic heterocycles. The van der Waals surface area contributed by atoms with Crippen molar-refractivity contribution in [3.05, 3.63) is 30.3 Å². The minimum Gasteiger partial charge on any atom is -0.417 e. The van der Waals surface area contributed by atoms with Gasteiger partial charge in [-0.2, -0.15) is 0 Å². The molecule has 0 aliphatic rings. The van der Waals surface area contributed by atoms with E-state index in [4.69, 9.17) is 4.74 Å². The van der Waals surface area contributed by atoms with E-state index in [1.165, 1.54) is 0 Å². The molecule has 0 heterocycles. The van der Waals surface area contributed by atoms with Gasteiger partial charge in [0.1, 0.15) is 5.75 Å². The maximum absolute atomic E-state index is 11.2. The van der Waals surface area contributed by atoms with Gasteiger partial charge in [0.05, 0.1) is 0 Å². The summed E-state index contributed by atoms with van der Waals surface area (Å²) in [5.41, 5.74) is 0. The highest BCUT2D eigenvalue weighted by molar-refractivity contribution is 9.09. The summed E-state index contributed by atoms with van der Waals surface area (Å²) in [5.74, 6) is 5.21. The van der Waals surface area contributed by atoms with Crippen LogP contribution in [0.2, 0.25) is 0 Å². The van der Waals surface area contributed by atoms with Gasteiger partial charge in [-0.05, 0) is 18.6 Å². The third kappa shape index (κ3) is 5.24. The lowest BCUT2D eigenvalue weighted by Gasteiger charge is -1.97. The predicted octanol–water partition coefficient (Wildman–Crippen LogP) is 2.77. The summed E-state index contributed by atoms with van der Waals surface area (Å²) in [6.45, 7) is 0. The van der Waals surface area contributed by atoms with Crippen LogP contribution < -0.4 is 4.74 Å². The molecule has 15 heavy (non-hydrogen) atoms. The molecule has 0 saturated carbocycles. The zero-order chi connectivity index (χ0) is 10.9. The summed E-state index contributed by atoms with van der Waals surface area (Å²) < 4.78 is 4.97. The Labute approximate surface area is 97.8 Å². The Morgan fingerprint density at radius 3 is 2.73 bits per heavy atom. The third-order valence-electron chi connectivity index (χ3n) is 1.58. The van der Waals surface area contributed by atoms with Crippen molar-refractivity contribution in [3.63, 3.8) is 0 Å². The first-order valence-electron chi connectivity index (χ1n) is 4.64. The largest absolute Gasteiger partial charge is 0.417 e. The summed E-state index contributed by atoms with van der Waals surface area (Å²) in [7, 11) is 0. The molecule has 1 aromatic carbocycles. The first-order chi connectivity index (χ1) is 7.33. The second-order valence-electron chi connectivity index (χ2n) is 2.80. The monoisotopic (exact) mass is 266 g/mol. The number of carbonyl (C=O) groups excluding carboxylic acids is 1. The zero-order valence-electron chi connectivity index (χ0n) is 8.20. The number of hydrogen-bond donors (Lipinski definition) is 0. The second-order valence-corrected chi connectivity index (χ2v) is 3.59. The fraction of sp³-hybridized carbons (Fsp3) is 0.250. The van der Waals surface area contributed by atoms with Crippen molar-refractivity contribution in [2.45, 2.75) is 12.8 Å². The average molecular weight is 267 g/mol. The molecule has 0 amide bonds. The molecule has 0 N–H and O–H groups in total. The molecule has 0 radical (unpaired) electrons. The van der Waals surface area contributed by atoms with Gasteiger partial charge in [0.15, 0.2) is 0 Å². The molecule has 0 bridgehead atoms. The quantitative estimate of drug-likeness (QED) is 0.210. The minimum absolute atomic E-state index is 0.504. The number of para-hydroxylation sites is 1. The molecule has 0 atom stereocenters. The average Bonchev–Trinajstić information content (AvgIpc) is 2.26. The molecule has 1 aromatic rings. The molecule has 0 aliphatic heterocycles. The summed E-state index contributed by atoms with van der Waals surface area (Å²) in [6, 6.07) is 8.91. The van der Waals surface area contributed by atoms with Crippen molar-refractivity contribution in [1.82, 2.24) is 0 Å². The predicted molar refractivity (Wildman–Crippen MR) is 62.9 cm³/mol. The second kappa shape index (κ2) is 7.08. The van der Waals surface area contributed by atoms with Crippen LogP contribution in [0.25, 0.3) is 0 Å². The molecule has 0 aliphatic carbocycles. The molecule has 2 nitrogen and oxygen atoms in total. The molecule has 1 rings (SSSR count). The normalized spacial score (nSPS) is 8.87. The number of benzene rings is 1. The zero-order valence-corrected chi connectivity index (χ0v) is 9.79. The van der Waals surface area contributed by atoms with Gasteiger partial charge in [-0.15, -0.1) is 0 Å². The van der Waals surface area contributed by atoms with Gasteiger partial charge >= 0.3 is 5.97 Å². The highest BCUT2D eigenvalue weighted by Crippen LogP contribution is 2.07. The van der Waals surface area contributed by atoms with Crippen LogP contribution >= 0.6 is 15.9 Å². The first-order valence-corrected chi connectivity index (χ1v) is 5.77. The number of halogens is 1. The summed E-state index contributed by atoms with van der Waals surface area (Å²) in [5, 5.41) is 0.898. The van der Waals surface area contributed by atoms with Crippen LogP contribution in [-0.4, -0.2) is 11.3 Å². The van der Waals surface area contributed by atoms with Gasteiger partial charge in [-0.25, -0.2) is 4.79 Å². The van der Waals surface area contributed by atoms with E-state index in [-0.39, 0.29) is 0 Å². The van der Waals surface area contributed by atoms with Crippen molar-refractivity contribution in [1.29, 1.82) is 0 Å². The number of rotatable bonds is 3. The number of ether oxygens (including phenoxy) is 1. The van der Waals surface area contributed by atoms with Crippen LogP contribution in [0.4, 0.5) is 0 Å². The number of unbranched alkanes of at least 4 members (excludes halogenated alkanes) is 1. The van der Waals surface area contributed by atoms with Gasteiger partial charge in [-0.1, -0.05) is 40.0 Å². The molecule has 0 fully saturated rings. The summed E-state index contributed by atoms with van der Waals surface area (Å²) in [4.78, 5) is 11.2. The smallest absolute Gasteiger partial charge is 0.389 e. The SMILES string of the molecule is O=C(C#CCCCBr)Oc1ccccc1. The van der Waals surface area contributed by atoms with E-state index in [9.17, 15) is 4.79 Å². The Morgan fingerprint density at radius 2 is 2.07 bits per heavy atom. The fourth-order valence-electron chi connectivity index (χ4n) is 0.911. The Bertz CT molecular complexity index is 362. The van der Waals surface area contributed by atoms with Gasteiger partial charge in [0.2, 0.25) is 0 Å². The van der Waals surface area contributed by atoms with Crippen LogP contribution in [0.3, 0.4) is 0 Å². The van der Waals surface area contributed by atoms with Gasteiger partial charge < -0.3 is 4.74 Å². The molecule has 0 spiro atoms. The summed E-state index contributed by atoms with van der Waals surface area (Å²) >= 11 is 3.29. The van der Waals surface area contributed by atoms with Gasteiger partial charge in [-0.3, -0.25) is 0 Å². The fourth-order valence-corrected chi connectivity index (χ4v) is 1.19. The number of carbonyl (C=O) groups is 1. The maximum atomic E-state index is 11.2. The van der Waals surface area contributed by atoms with Crippen molar-refractivity contribution < 1.29 is 9.53 Å². The van der Waals surface area contributed by atoms with Crippen molar-refractivity contribution in [2.75, 3.05) is 5.33 Å². The van der Waals surface area contributed by atoms with E-state index >= 15 is 0 Å². The highest BCUT2D eigenvalue weighted by Gasteiger charge is 1.97. The lowest BCUT2D eigenvalue weighted by molar-refractivity contribution is -0.128. The molecule has 0 saturated heterocycles. The molecule has 0 unspecified atom stereocenters. The van der Waals surface area contributed by atoms with Crippen LogP contribution in [0.1, 0.15) is 12.8 Å². The van der Waals surface area contributed by atoms with Gasteiger partial charge in [0.25, 0.3) is 0 Å². The summed E-state index contributed by atoms with van der Waals surface area (Å²) in [6.07, 6.45) is 1.64. The van der Waals surface area contributed by atoms with Crippen LogP contribution in [-0.2, 0) is 4.79 Å². The highest BCUT2D eigenvalue weighted by atomic mass is 79.9. The standard InChI is InChI=1S/C12H11BrO2/c13-10-6-2-5-9-12(14)15-11-7-3-1-4-8-11/h1,3-4,7-8H,2,6,10H2. The van der Waals surface area contributed by atoms with E-state index in [1.807, 2.05) is 6.07 Å². The van der Waals surface area contributed by atoms with E-state index in [2.05, 4.69) is 27.8 Å². The molecular weight excluding hydrogens is 256 g/mol. The van der Waals surface area contributed by atoms with Crippen molar-refractivity contribution >= 4 is 21.9 Å². The maximum Gasteiger partial charge on any atom is 0.389 e. The Hall–Kier alpha value is -1.27. The lowest BCUT2D eigenvalue weighted by Crippen LogP contribution is -2.03. The van der Waals surface area contributed by atoms with Crippen LogP contribution in [0.5, 0.6) is 5.75 Å². The van der Waals surface area contributed by atoms with Crippen molar-refractivity contribution in [3.8, 4) is 17.6 Å². The van der Waals surface area contributed by atoms with E-state index in [0.717, 1.165) is 11.8 Å². The molecule has 3 heteroatoms.